The van der Waals surface area contributed by atoms with Crippen LogP contribution in [0.2, 0.25) is 0 Å². The fourth-order valence-corrected chi connectivity index (χ4v) is 2.91. The smallest absolute Gasteiger partial charge is 0.255 e. The van der Waals surface area contributed by atoms with E-state index >= 15 is 0 Å². The van der Waals surface area contributed by atoms with Crippen LogP contribution in [0.3, 0.4) is 0 Å². The maximum atomic E-state index is 12.4. The Kier molecular flexibility index (Phi) is 3.65. The molecular formula is C18H17N3O3. The highest BCUT2D eigenvalue weighted by Crippen LogP contribution is 2.33. The quantitative estimate of drug-likeness (QED) is 0.772. The van der Waals surface area contributed by atoms with Crippen molar-refractivity contribution in [3.05, 3.63) is 64.0 Å². The predicted octanol–water partition coefficient (Wildman–Crippen LogP) is 2.71. The first-order valence-corrected chi connectivity index (χ1v) is 8.05. The largest absolute Gasteiger partial charge is 0.463 e. The minimum absolute atomic E-state index is 0.176. The molecule has 1 amide bonds. The summed E-state index contributed by atoms with van der Waals surface area (Å²) < 4.78 is 5.38. The Morgan fingerprint density at radius 3 is 2.96 bits per heavy atom. The van der Waals surface area contributed by atoms with Gasteiger partial charge in [-0.15, -0.1) is 0 Å². The maximum Gasteiger partial charge on any atom is 0.255 e. The second-order valence-corrected chi connectivity index (χ2v) is 6.08. The normalized spacial score (nSPS) is 14.5. The van der Waals surface area contributed by atoms with E-state index in [9.17, 15) is 9.59 Å². The van der Waals surface area contributed by atoms with Crippen molar-refractivity contribution in [1.82, 2.24) is 15.3 Å². The summed E-state index contributed by atoms with van der Waals surface area (Å²) in [5.41, 5.74) is 1.55. The van der Waals surface area contributed by atoms with Gasteiger partial charge in [-0.2, -0.15) is 0 Å². The lowest BCUT2D eigenvalue weighted by molar-refractivity contribution is 0.0951. The van der Waals surface area contributed by atoms with Crippen LogP contribution in [0.5, 0.6) is 0 Å². The van der Waals surface area contributed by atoms with Gasteiger partial charge in [0.05, 0.1) is 17.8 Å². The molecule has 1 aromatic carbocycles. The molecule has 0 saturated heterocycles. The van der Waals surface area contributed by atoms with Gasteiger partial charge in [-0.05, 0) is 18.9 Å². The lowest BCUT2D eigenvalue weighted by Gasteiger charge is -2.24. The molecule has 2 N–H and O–H groups in total. The molecule has 4 rings (SSSR count). The third-order valence-corrected chi connectivity index (χ3v) is 4.46. The van der Waals surface area contributed by atoms with Crippen LogP contribution >= 0.6 is 0 Å². The molecular weight excluding hydrogens is 306 g/mol. The van der Waals surface area contributed by atoms with Gasteiger partial charge >= 0.3 is 0 Å². The van der Waals surface area contributed by atoms with E-state index in [0.29, 0.717) is 22.8 Å². The second kappa shape index (κ2) is 5.96. The molecule has 122 valence electrons. The number of benzene rings is 1. The van der Waals surface area contributed by atoms with Crippen molar-refractivity contribution < 1.29 is 9.21 Å². The summed E-state index contributed by atoms with van der Waals surface area (Å²) in [7, 11) is 0. The monoisotopic (exact) mass is 323 g/mol. The van der Waals surface area contributed by atoms with Gasteiger partial charge in [0, 0.05) is 17.4 Å². The van der Waals surface area contributed by atoms with Crippen LogP contribution in [-0.2, 0) is 6.54 Å². The summed E-state index contributed by atoms with van der Waals surface area (Å²) >= 11 is 0. The molecule has 24 heavy (non-hydrogen) atoms. The number of carbonyl (C=O) groups is 1. The van der Waals surface area contributed by atoms with Crippen molar-refractivity contribution in [3.8, 4) is 0 Å². The molecule has 0 atom stereocenters. The number of carbonyl (C=O) groups excluding carboxylic acids is 1. The lowest BCUT2D eigenvalue weighted by atomic mass is 9.85. The van der Waals surface area contributed by atoms with E-state index in [4.69, 9.17) is 4.42 Å². The van der Waals surface area contributed by atoms with Gasteiger partial charge in [-0.25, -0.2) is 4.98 Å². The van der Waals surface area contributed by atoms with E-state index < -0.39 is 0 Å². The highest BCUT2D eigenvalue weighted by Gasteiger charge is 2.22. The maximum absolute atomic E-state index is 12.4. The Bertz CT molecular complexity index is 953. The number of hydrogen-bond acceptors (Lipinski definition) is 4. The summed E-state index contributed by atoms with van der Waals surface area (Å²) in [4.78, 5) is 31.4. The summed E-state index contributed by atoms with van der Waals surface area (Å²) in [5.74, 6) is 0.824. The summed E-state index contributed by atoms with van der Waals surface area (Å²) in [6.45, 7) is 0.210. The first-order valence-electron chi connectivity index (χ1n) is 8.05. The number of aromatic amines is 1. The number of rotatable bonds is 4. The number of aromatic nitrogens is 2. The van der Waals surface area contributed by atoms with Crippen molar-refractivity contribution in [2.45, 2.75) is 31.7 Å². The summed E-state index contributed by atoms with van der Waals surface area (Å²) in [6.07, 6.45) is 4.73. The second-order valence-electron chi connectivity index (χ2n) is 6.08. The third-order valence-electron chi connectivity index (χ3n) is 4.46. The molecule has 1 fully saturated rings. The minimum atomic E-state index is -0.243. The average Bonchev–Trinajstić information content (AvgIpc) is 2.94. The lowest BCUT2D eigenvalue weighted by Crippen LogP contribution is -2.26. The zero-order valence-electron chi connectivity index (χ0n) is 13.0. The highest BCUT2D eigenvalue weighted by molar-refractivity contribution is 6.05. The molecule has 2 aromatic heterocycles. The van der Waals surface area contributed by atoms with Crippen molar-refractivity contribution in [3.63, 3.8) is 0 Å². The Balaban J connectivity index is 1.51. The first kappa shape index (κ1) is 14.7. The van der Waals surface area contributed by atoms with Crippen LogP contribution in [-0.4, -0.2) is 15.9 Å². The molecule has 0 aliphatic heterocycles. The van der Waals surface area contributed by atoms with Crippen LogP contribution in [0.4, 0.5) is 0 Å². The van der Waals surface area contributed by atoms with E-state index in [1.807, 2.05) is 24.3 Å². The molecule has 0 radical (unpaired) electrons. The van der Waals surface area contributed by atoms with Crippen LogP contribution in [0.15, 0.2) is 45.8 Å². The molecule has 2 heterocycles. The fraction of sp³-hybridized carbons (Fsp3) is 0.278. The Labute approximate surface area is 137 Å². The van der Waals surface area contributed by atoms with Crippen molar-refractivity contribution in [1.29, 1.82) is 0 Å². The fourth-order valence-electron chi connectivity index (χ4n) is 2.91. The number of para-hydroxylation sites is 1. The van der Waals surface area contributed by atoms with Gasteiger partial charge in [0.2, 0.25) is 0 Å². The van der Waals surface area contributed by atoms with Crippen LogP contribution in [0.1, 0.15) is 47.1 Å². The topological polar surface area (TPSA) is 88.0 Å². The zero-order valence-corrected chi connectivity index (χ0v) is 13.0. The van der Waals surface area contributed by atoms with Gasteiger partial charge in [0.15, 0.2) is 0 Å². The SMILES string of the molecule is O=C(NCc1cc(=O)[nH]c(C2CCC2)n1)c1coc2ccccc12. The molecule has 0 spiro atoms. The number of amides is 1. The highest BCUT2D eigenvalue weighted by atomic mass is 16.3. The van der Waals surface area contributed by atoms with Gasteiger partial charge in [0.25, 0.3) is 11.5 Å². The minimum Gasteiger partial charge on any atom is -0.463 e. The number of fused-ring (bicyclic) bond motifs is 1. The Morgan fingerprint density at radius 2 is 2.17 bits per heavy atom. The van der Waals surface area contributed by atoms with Crippen molar-refractivity contribution in [2.75, 3.05) is 0 Å². The van der Waals surface area contributed by atoms with Gasteiger partial charge in [0.1, 0.15) is 17.7 Å². The van der Waals surface area contributed by atoms with Crippen LogP contribution in [0.25, 0.3) is 11.0 Å². The number of nitrogens with one attached hydrogen (secondary N) is 2. The summed E-state index contributed by atoms with van der Waals surface area (Å²) in [6, 6.07) is 8.80. The zero-order chi connectivity index (χ0) is 16.5. The van der Waals surface area contributed by atoms with E-state index in [1.165, 1.54) is 18.8 Å². The molecule has 6 heteroatoms. The molecule has 1 saturated carbocycles. The average molecular weight is 323 g/mol. The number of furan rings is 1. The molecule has 6 nitrogen and oxygen atoms in total. The van der Waals surface area contributed by atoms with E-state index in [0.717, 1.165) is 24.1 Å². The number of hydrogen-bond donors (Lipinski definition) is 2. The van der Waals surface area contributed by atoms with E-state index in [2.05, 4.69) is 15.3 Å². The Hall–Kier alpha value is -2.89. The molecule has 1 aliphatic carbocycles. The number of nitrogens with zero attached hydrogens (tertiary/aromatic N) is 1. The van der Waals surface area contributed by atoms with Crippen LogP contribution < -0.4 is 10.9 Å². The van der Waals surface area contributed by atoms with Crippen LogP contribution in [0, 0.1) is 0 Å². The molecule has 0 bridgehead atoms. The molecule has 3 aromatic rings. The molecule has 1 aliphatic rings. The predicted molar refractivity (Wildman–Crippen MR) is 88.8 cm³/mol. The first-order chi connectivity index (χ1) is 11.7. The molecule has 0 unspecified atom stereocenters. The van der Waals surface area contributed by atoms with Gasteiger partial charge in [-0.3, -0.25) is 9.59 Å². The Morgan fingerprint density at radius 1 is 1.33 bits per heavy atom. The van der Waals surface area contributed by atoms with E-state index in [1.54, 1.807) is 0 Å². The van der Waals surface area contributed by atoms with Gasteiger partial charge < -0.3 is 14.7 Å². The van der Waals surface area contributed by atoms with Gasteiger partial charge in [-0.1, -0.05) is 24.6 Å². The standard InChI is InChI=1S/C18H17N3O3/c22-16-8-12(20-17(21-16)11-4-3-5-11)9-19-18(23)14-10-24-15-7-2-1-6-13(14)15/h1-2,6-8,10-11H,3-5,9H2,(H,19,23)(H,20,21,22). The van der Waals surface area contributed by atoms with E-state index in [-0.39, 0.29) is 18.0 Å². The third kappa shape index (κ3) is 2.71. The van der Waals surface area contributed by atoms with Crippen molar-refractivity contribution in [2.24, 2.45) is 0 Å². The number of H-pyrrole nitrogens is 1. The van der Waals surface area contributed by atoms with Crippen molar-refractivity contribution >= 4 is 16.9 Å². The summed E-state index contributed by atoms with van der Waals surface area (Å²) in [5, 5.41) is 3.58.